The van der Waals surface area contributed by atoms with Crippen LogP contribution in [0.4, 0.5) is 0 Å². The molecule has 0 unspecified atom stereocenters. The van der Waals surface area contributed by atoms with Gasteiger partial charge in [-0.25, -0.2) is 4.79 Å². The first kappa shape index (κ1) is 26.8. The Balaban J connectivity index is 2.04. The number of carbonyl (C=O) groups excluding carboxylic acids is 3. The number of nitrogens with zero attached hydrogens (tertiary/aromatic N) is 2. The van der Waals surface area contributed by atoms with E-state index in [2.05, 4.69) is 20.9 Å². The molecular weight excluding hydrogens is 450 g/mol. The zero-order valence-corrected chi connectivity index (χ0v) is 18.9. The van der Waals surface area contributed by atoms with Crippen LogP contribution in [0.3, 0.4) is 0 Å². The highest BCUT2D eigenvalue weighted by atomic mass is 16.4. The molecule has 0 saturated carbocycles. The molecule has 2 aliphatic heterocycles. The average molecular weight is 484 g/mol. The van der Waals surface area contributed by atoms with Crippen molar-refractivity contribution in [1.29, 1.82) is 0 Å². The Morgan fingerprint density at radius 2 is 1.74 bits per heavy atom. The van der Waals surface area contributed by atoms with Crippen molar-refractivity contribution in [2.75, 3.05) is 19.6 Å². The summed E-state index contributed by atoms with van der Waals surface area (Å²) in [6.07, 6.45) is 1.88. The molecule has 0 aromatic rings. The number of rotatable bonds is 12. The third-order valence-corrected chi connectivity index (χ3v) is 5.77. The molecule has 190 valence electrons. The Kier molecular flexibility index (Phi) is 10.0. The summed E-state index contributed by atoms with van der Waals surface area (Å²) in [4.78, 5) is 66.3. The summed E-state index contributed by atoms with van der Waals surface area (Å²) in [5.41, 5.74) is 10.5. The minimum absolute atomic E-state index is 0.0740. The van der Waals surface area contributed by atoms with Gasteiger partial charge in [0.2, 0.25) is 17.7 Å². The molecule has 0 bridgehead atoms. The van der Waals surface area contributed by atoms with Crippen LogP contribution in [0.15, 0.2) is 4.99 Å². The first-order valence-corrected chi connectivity index (χ1v) is 11.2. The maximum atomic E-state index is 13.1. The molecule has 2 saturated heterocycles. The van der Waals surface area contributed by atoms with E-state index >= 15 is 0 Å². The van der Waals surface area contributed by atoms with Crippen LogP contribution in [0.1, 0.15) is 44.9 Å². The number of hydrogen-bond donors (Lipinski definition) is 7. The molecule has 0 aromatic heterocycles. The van der Waals surface area contributed by atoms with Gasteiger partial charge in [0.25, 0.3) is 0 Å². The van der Waals surface area contributed by atoms with Gasteiger partial charge >= 0.3 is 11.9 Å². The Bertz CT molecular complexity index is 809. The number of aliphatic imine (C=N–C) groups is 1. The molecule has 2 heterocycles. The number of hydrogen-bond acceptors (Lipinski definition) is 7. The number of carboxylic acids is 2. The van der Waals surface area contributed by atoms with Crippen LogP contribution in [-0.2, 0) is 24.0 Å². The highest BCUT2D eigenvalue weighted by molar-refractivity contribution is 5.96. The molecule has 9 N–H and O–H groups in total. The van der Waals surface area contributed by atoms with E-state index in [-0.39, 0.29) is 31.9 Å². The molecule has 2 rings (SSSR count). The number of guanidine groups is 1. The fraction of sp³-hybridized carbons (Fsp3) is 0.700. The van der Waals surface area contributed by atoms with E-state index in [0.29, 0.717) is 25.8 Å². The highest BCUT2D eigenvalue weighted by Gasteiger charge is 2.40. The maximum Gasteiger partial charge on any atom is 0.326 e. The lowest BCUT2D eigenvalue weighted by atomic mass is 10.1. The van der Waals surface area contributed by atoms with E-state index < -0.39 is 60.2 Å². The van der Waals surface area contributed by atoms with Gasteiger partial charge in [-0.1, -0.05) is 0 Å². The van der Waals surface area contributed by atoms with E-state index in [4.69, 9.17) is 11.5 Å². The molecule has 4 atom stereocenters. The van der Waals surface area contributed by atoms with Crippen LogP contribution < -0.4 is 27.4 Å². The van der Waals surface area contributed by atoms with E-state index in [0.717, 1.165) is 6.42 Å². The van der Waals surface area contributed by atoms with Crippen molar-refractivity contribution in [2.24, 2.45) is 16.5 Å². The first-order valence-electron chi connectivity index (χ1n) is 11.2. The van der Waals surface area contributed by atoms with Gasteiger partial charge in [0.1, 0.15) is 18.1 Å². The van der Waals surface area contributed by atoms with Crippen molar-refractivity contribution in [3.63, 3.8) is 0 Å². The second kappa shape index (κ2) is 12.7. The van der Waals surface area contributed by atoms with Crippen LogP contribution >= 0.6 is 0 Å². The zero-order chi connectivity index (χ0) is 25.3. The number of aliphatic carboxylic acids is 2. The summed E-state index contributed by atoms with van der Waals surface area (Å²) < 4.78 is 0. The minimum Gasteiger partial charge on any atom is -0.481 e. The van der Waals surface area contributed by atoms with E-state index in [1.54, 1.807) is 0 Å². The number of amides is 3. The predicted molar refractivity (Wildman–Crippen MR) is 119 cm³/mol. The highest BCUT2D eigenvalue weighted by Crippen LogP contribution is 2.20. The number of carboxylic acid groups (broad SMARTS) is 2. The summed E-state index contributed by atoms with van der Waals surface area (Å²) in [6.45, 7) is 1.04. The third kappa shape index (κ3) is 7.86. The molecule has 2 fully saturated rings. The van der Waals surface area contributed by atoms with Gasteiger partial charge in [-0.3, -0.25) is 24.2 Å². The van der Waals surface area contributed by atoms with E-state index in [1.165, 1.54) is 4.90 Å². The summed E-state index contributed by atoms with van der Waals surface area (Å²) >= 11 is 0. The van der Waals surface area contributed by atoms with Gasteiger partial charge in [-0.2, -0.15) is 0 Å². The van der Waals surface area contributed by atoms with Crippen molar-refractivity contribution in [3.05, 3.63) is 0 Å². The second-order valence-corrected chi connectivity index (χ2v) is 8.35. The molecule has 0 radical (unpaired) electrons. The maximum absolute atomic E-state index is 13.1. The fourth-order valence-corrected chi connectivity index (χ4v) is 4.09. The molecule has 3 amide bonds. The Labute approximate surface area is 196 Å². The van der Waals surface area contributed by atoms with Crippen molar-refractivity contribution < 1.29 is 34.2 Å². The quantitative estimate of drug-likeness (QED) is 0.0863. The zero-order valence-electron chi connectivity index (χ0n) is 18.9. The number of nitrogens with two attached hydrogens (primary N) is 2. The molecular formula is C20H33N7O7. The summed E-state index contributed by atoms with van der Waals surface area (Å²) in [6, 6.07) is -4.01. The molecule has 0 spiro atoms. The van der Waals surface area contributed by atoms with Gasteiger partial charge in [0, 0.05) is 13.1 Å². The van der Waals surface area contributed by atoms with Crippen molar-refractivity contribution in [3.8, 4) is 0 Å². The topological polar surface area (TPSA) is 230 Å². The monoisotopic (exact) mass is 483 g/mol. The molecule has 0 aromatic carbocycles. The first-order chi connectivity index (χ1) is 16.1. The number of nitrogens with one attached hydrogen (secondary N) is 3. The Morgan fingerprint density at radius 1 is 1.03 bits per heavy atom. The third-order valence-electron chi connectivity index (χ3n) is 5.77. The van der Waals surface area contributed by atoms with Gasteiger partial charge in [-0.15, -0.1) is 0 Å². The Morgan fingerprint density at radius 3 is 2.32 bits per heavy atom. The molecule has 2 aliphatic rings. The summed E-state index contributed by atoms with van der Waals surface area (Å²) in [5, 5.41) is 26.6. The lowest BCUT2D eigenvalue weighted by Crippen LogP contribution is -2.57. The number of carbonyl (C=O) groups is 5. The van der Waals surface area contributed by atoms with Gasteiger partial charge in [-0.05, 0) is 45.1 Å². The van der Waals surface area contributed by atoms with Crippen LogP contribution in [0.5, 0.6) is 0 Å². The fourth-order valence-electron chi connectivity index (χ4n) is 4.09. The number of likely N-dealkylation sites (tertiary alicyclic amines) is 1. The molecule has 34 heavy (non-hydrogen) atoms. The lowest BCUT2D eigenvalue weighted by molar-refractivity contribution is -0.147. The van der Waals surface area contributed by atoms with E-state index in [1.807, 2.05) is 0 Å². The molecule has 14 heteroatoms. The standard InChI is InChI=1S/C20H33N7O7/c21-20(22)24-8-2-5-12(19(33)34)25-17(31)14-6-3-9-27(14)18(32)13(10-15(28)29)26-16(30)11-4-1-7-23-11/h11-14,23H,1-10H2,(H,25,31)(H,26,30)(H,28,29)(H,33,34)(H4,21,22,24)/t11-,12-,13-,14-/m0/s1. The van der Waals surface area contributed by atoms with Gasteiger partial charge in [0.15, 0.2) is 5.96 Å². The van der Waals surface area contributed by atoms with E-state index in [9.17, 15) is 34.2 Å². The SMILES string of the molecule is NC(N)=NCCC[C@H](NC(=O)[C@@H]1CCCN1C(=O)[C@H](CC(=O)O)NC(=O)[C@@H]1CCCN1)C(=O)O. The van der Waals surface area contributed by atoms with Crippen LogP contribution in [-0.4, -0.2) is 94.5 Å². The van der Waals surface area contributed by atoms with Crippen molar-refractivity contribution in [1.82, 2.24) is 20.9 Å². The van der Waals surface area contributed by atoms with Crippen LogP contribution in [0, 0.1) is 0 Å². The molecule has 14 nitrogen and oxygen atoms in total. The van der Waals surface area contributed by atoms with Crippen molar-refractivity contribution in [2.45, 2.75) is 69.1 Å². The predicted octanol–water partition coefficient (Wildman–Crippen LogP) is -2.69. The average Bonchev–Trinajstić information content (AvgIpc) is 3.46. The minimum atomic E-state index is -1.34. The van der Waals surface area contributed by atoms with Crippen molar-refractivity contribution >= 4 is 35.6 Å². The summed E-state index contributed by atoms with van der Waals surface area (Å²) in [5.74, 6) is -4.45. The Hall–Kier alpha value is -3.42. The smallest absolute Gasteiger partial charge is 0.326 e. The van der Waals surface area contributed by atoms with Gasteiger partial charge < -0.3 is 42.5 Å². The normalized spacial score (nSPS) is 21.4. The second-order valence-electron chi connectivity index (χ2n) is 8.35. The van der Waals surface area contributed by atoms with Crippen LogP contribution in [0.2, 0.25) is 0 Å². The molecule has 0 aliphatic carbocycles. The summed E-state index contributed by atoms with van der Waals surface area (Å²) in [7, 11) is 0. The van der Waals surface area contributed by atoms with Gasteiger partial charge in [0.05, 0.1) is 12.5 Å². The lowest BCUT2D eigenvalue weighted by Gasteiger charge is -2.29. The largest absolute Gasteiger partial charge is 0.481 e. The van der Waals surface area contributed by atoms with Crippen LogP contribution in [0.25, 0.3) is 0 Å².